The second-order valence-electron chi connectivity index (χ2n) is 5.35. The van der Waals surface area contributed by atoms with Gasteiger partial charge in [-0.25, -0.2) is 0 Å². The van der Waals surface area contributed by atoms with Gasteiger partial charge in [-0.05, 0) is 49.1 Å². The van der Waals surface area contributed by atoms with E-state index in [0.717, 1.165) is 11.5 Å². The molecule has 2 aromatic carbocycles. The predicted octanol–water partition coefficient (Wildman–Crippen LogP) is 4.78. The Kier molecular flexibility index (Phi) is 7.87. The van der Waals surface area contributed by atoms with Gasteiger partial charge in [0.2, 0.25) is 0 Å². The van der Waals surface area contributed by atoms with Crippen molar-refractivity contribution in [2.75, 3.05) is 20.6 Å². The maximum absolute atomic E-state index is 5.87. The zero-order valence-corrected chi connectivity index (χ0v) is 14.9. The summed E-state index contributed by atoms with van der Waals surface area (Å²) in [4.78, 5) is 2.04. The smallest absolute Gasteiger partial charge is 0.253 e. The molecule has 0 radical (unpaired) electrons. The van der Waals surface area contributed by atoms with Gasteiger partial charge in [0.1, 0.15) is 11.5 Å². The molecule has 4 heteroatoms. The molecule has 0 aliphatic heterocycles. The zero-order valence-electron chi connectivity index (χ0n) is 14.0. The standard InChI is InChI=1S/C16H19NO2.C4H4S/c1-17(2)13-16(18-14-9-5-3-6-10-14)19-15-11-7-4-8-12-15;1-2-4-5-3-1/h3-12,16H,13H2,1-2H3;1-4H. The Balaban J connectivity index is 0.000000355. The molecule has 0 fully saturated rings. The summed E-state index contributed by atoms with van der Waals surface area (Å²) in [6.07, 6.45) is -0.334. The van der Waals surface area contributed by atoms with E-state index >= 15 is 0 Å². The van der Waals surface area contributed by atoms with E-state index in [1.807, 2.05) is 103 Å². The van der Waals surface area contributed by atoms with Gasteiger partial charge in [-0.3, -0.25) is 0 Å². The maximum Gasteiger partial charge on any atom is 0.253 e. The predicted molar refractivity (Wildman–Crippen MR) is 101 cm³/mol. The van der Waals surface area contributed by atoms with Gasteiger partial charge in [-0.1, -0.05) is 48.5 Å². The molecule has 1 aromatic heterocycles. The fourth-order valence-corrected chi connectivity index (χ4v) is 2.38. The zero-order chi connectivity index (χ0) is 17.0. The van der Waals surface area contributed by atoms with E-state index in [1.165, 1.54) is 0 Å². The van der Waals surface area contributed by atoms with Crippen molar-refractivity contribution in [1.29, 1.82) is 0 Å². The van der Waals surface area contributed by atoms with Gasteiger partial charge in [0.25, 0.3) is 6.29 Å². The molecule has 3 rings (SSSR count). The first-order valence-electron chi connectivity index (χ1n) is 7.79. The fraction of sp³-hybridized carbons (Fsp3) is 0.200. The molecule has 0 N–H and O–H groups in total. The van der Waals surface area contributed by atoms with Crippen LogP contribution in [0.1, 0.15) is 0 Å². The highest BCUT2D eigenvalue weighted by atomic mass is 32.1. The average Bonchev–Trinajstić information content (AvgIpc) is 3.16. The highest BCUT2D eigenvalue weighted by Gasteiger charge is 2.13. The number of hydrogen-bond donors (Lipinski definition) is 0. The van der Waals surface area contributed by atoms with Crippen LogP contribution in [0.5, 0.6) is 11.5 Å². The Labute approximate surface area is 148 Å². The molecule has 0 spiro atoms. The third-order valence-electron chi connectivity index (χ3n) is 2.96. The third-order valence-corrected chi connectivity index (χ3v) is 3.59. The van der Waals surface area contributed by atoms with E-state index in [-0.39, 0.29) is 6.29 Å². The maximum atomic E-state index is 5.87. The van der Waals surface area contributed by atoms with Crippen LogP contribution in [0.15, 0.2) is 83.6 Å². The minimum atomic E-state index is -0.334. The number of benzene rings is 2. The molecular weight excluding hydrogens is 318 g/mol. The van der Waals surface area contributed by atoms with Gasteiger partial charge >= 0.3 is 0 Å². The van der Waals surface area contributed by atoms with E-state index in [0.29, 0.717) is 6.54 Å². The summed E-state index contributed by atoms with van der Waals surface area (Å²) in [7, 11) is 3.99. The van der Waals surface area contributed by atoms with Crippen LogP contribution in [0.3, 0.4) is 0 Å². The van der Waals surface area contributed by atoms with Crippen LogP contribution >= 0.6 is 11.3 Å². The molecule has 1 heterocycles. The minimum Gasteiger partial charge on any atom is -0.454 e. The Bertz CT molecular complexity index is 583. The molecule has 3 nitrogen and oxygen atoms in total. The number of rotatable bonds is 6. The van der Waals surface area contributed by atoms with Crippen LogP contribution in [-0.2, 0) is 0 Å². The summed E-state index contributed by atoms with van der Waals surface area (Å²) >= 11 is 1.71. The summed E-state index contributed by atoms with van der Waals surface area (Å²) in [6.45, 7) is 0.684. The summed E-state index contributed by atoms with van der Waals surface area (Å²) in [5.74, 6) is 1.62. The molecule has 0 saturated carbocycles. The third kappa shape index (κ3) is 7.31. The monoisotopic (exact) mass is 341 g/mol. The van der Waals surface area contributed by atoms with Crippen LogP contribution < -0.4 is 9.47 Å². The first-order valence-corrected chi connectivity index (χ1v) is 8.73. The van der Waals surface area contributed by atoms with Crippen LogP contribution in [0.25, 0.3) is 0 Å². The van der Waals surface area contributed by atoms with E-state index < -0.39 is 0 Å². The second-order valence-corrected chi connectivity index (χ2v) is 6.16. The number of likely N-dealkylation sites (N-methyl/N-ethyl adjacent to an activating group) is 1. The number of ether oxygens (including phenoxy) is 2. The van der Waals surface area contributed by atoms with Gasteiger partial charge in [0.05, 0.1) is 6.54 Å². The van der Waals surface area contributed by atoms with Crippen molar-refractivity contribution >= 4 is 11.3 Å². The lowest BCUT2D eigenvalue weighted by Gasteiger charge is -2.23. The molecule has 0 amide bonds. The number of para-hydroxylation sites is 2. The van der Waals surface area contributed by atoms with E-state index in [2.05, 4.69) is 0 Å². The SMILES string of the molecule is CN(C)CC(Oc1ccccc1)Oc1ccccc1.c1ccsc1. The Morgan fingerprint density at radius 2 is 1.21 bits per heavy atom. The van der Waals surface area contributed by atoms with Crippen LogP contribution in [0.4, 0.5) is 0 Å². The Morgan fingerprint density at radius 3 is 1.54 bits per heavy atom. The Hall–Kier alpha value is -2.30. The highest BCUT2D eigenvalue weighted by molar-refractivity contribution is 7.07. The average molecular weight is 341 g/mol. The van der Waals surface area contributed by atoms with Crippen LogP contribution in [-0.4, -0.2) is 31.8 Å². The molecule has 126 valence electrons. The highest BCUT2D eigenvalue weighted by Crippen LogP contribution is 2.16. The van der Waals surface area contributed by atoms with Gasteiger partial charge in [-0.2, -0.15) is 11.3 Å². The fourth-order valence-electron chi connectivity index (χ4n) is 1.93. The largest absolute Gasteiger partial charge is 0.454 e. The molecule has 0 saturated heterocycles. The lowest BCUT2D eigenvalue weighted by atomic mass is 10.3. The summed E-state index contributed by atoms with van der Waals surface area (Å²) < 4.78 is 11.7. The first-order chi connectivity index (χ1) is 11.7. The van der Waals surface area contributed by atoms with Crippen molar-refractivity contribution in [3.63, 3.8) is 0 Å². The van der Waals surface area contributed by atoms with Gasteiger partial charge in [0.15, 0.2) is 0 Å². The second kappa shape index (κ2) is 10.5. The van der Waals surface area contributed by atoms with Gasteiger partial charge in [-0.15, -0.1) is 0 Å². The topological polar surface area (TPSA) is 21.7 Å². The molecule has 0 atom stereocenters. The van der Waals surface area contributed by atoms with E-state index in [1.54, 1.807) is 11.3 Å². The van der Waals surface area contributed by atoms with Crippen molar-refractivity contribution in [1.82, 2.24) is 4.90 Å². The van der Waals surface area contributed by atoms with E-state index in [9.17, 15) is 0 Å². The Morgan fingerprint density at radius 1 is 0.750 bits per heavy atom. The summed E-state index contributed by atoms with van der Waals surface area (Å²) in [5, 5.41) is 4.08. The van der Waals surface area contributed by atoms with Crippen molar-refractivity contribution in [2.24, 2.45) is 0 Å². The van der Waals surface area contributed by atoms with Gasteiger partial charge < -0.3 is 14.4 Å². The quantitative estimate of drug-likeness (QED) is 0.602. The molecule has 0 aliphatic carbocycles. The van der Waals surface area contributed by atoms with Crippen LogP contribution in [0.2, 0.25) is 0 Å². The molecule has 0 aliphatic rings. The molecule has 3 aromatic rings. The molecular formula is C20H23NO2S. The summed E-state index contributed by atoms with van der Waals surface area (Å²) in [5.41, 5.74) is 0. The lowest BCUT2D eigenvalue weighted by molar-refractivity contribution is -0.0116. The first kappa shape index (κ1) is 18.0. The number of hydrogen-bond acceptors (Lipinski definition) is 4. The summed E-state index contributed by atoms with van der Waals surface area (Å²) in [6, 6.07) is 23.5. The van der Waals surface area contributed by atoms with E-state index in [4.69, 9.17) is 9.47 Å². The molecule has 0 unspecified atom stereocenters. The van der Waals surface area contributed by atoms with Crippen molar-refractivity contribution in [3.8, 4) is 11.5 Å². The normalized spacial score (nSPS) is 10.2. The van der Waals surface area contributed by atoms with Crippen molar-refractivity contribution < 1.29 is 9.47 Å². The number of nitrogens with zero attached hydrogens (tertiary/aromatic N) is 1. The lowest BCUT2D eigenvalue weighted by Crippen LogP contribution is -2.35. The van der Waals surface area contributed by atoms with Crippen molar-refractivity contribution in [3.05, 3.63) is 83.6 Å². The minimum absolute atomic E-state index is 0.334. The number of thiophene rings is 1. The van der Waals surface area contributed by atoms with Crippen molar-refractivity contribution in [2.45, 2.75) is 6.29 Å². The molecule has 0 bridgehead atoms. The van der Waals surface area contributed by atoms with Gasteiger partial charge in [0, 0.05) is 0 Å². The molecule has 24 heavy (non-hydrogen) atoms. The van der Waals surface area contributed by atoms with Crippen LogP contribution in [0, 0.1) is 0 Å².